The number of aliphatic hydroxyl groups is 2. The highest BCUT2D eigenvalue weighted by Gasteiger charge is 2.18. The van der Waals surface area contributed by atoms with Crippen molar-refractivity contribution in [1.29, 1.82) is 0 Å². The molecule has 0 aromatic rings. The first-order valence-corrected chi connectivity index (χ1v) is 4.39. The molecule has 0 radical (unpaired) electrons. The van der Waals surface area contributed by atoms with Crippen molar-refractivity contribution in [1.82, 2.24) is 5.32 Å². The molecule has 1 aliphatic heterocycles. The topological polar surface area (TPSA) is 61.7 Å². The first kappa shape index (κ1) is 9.92. The molecule has 2 unspecified atom stereocenters. The zero-order chi connectivity index (χ0) is 8.97. The van der Waals surface area contributed by atoms with E-state index in [0.29, 0.717) is 13.2 Å². The molecule has 1 aliphatic rings. The van der Waals surface area contributed by atoms with Gasteiger partial charge in [-0.1, -0.05) is 0 Å². The van der Waals surface area contributed by atoms with Crippen LogP contribution in [0.15, 0.2) is 0 Å². The number of hydrogen-bond acceptors (Lipinski definition) is 4. The maximum atomic E-state index is 9.15. The summed E-state index contributed by atoms with van der Waals surface area (Å²) in [5.41, 5.74) is 0. The number of hydrogen-bond donors (Lipinski definition) is 3. The normalized spacial score (nSPS) is 33.2. The van der Waals surface area contributed by atoms with Crippen molar-refractivity contribution in [2.75, 3.05) is 13.2 Å². The molecule has 3 N–H and O–H groups in total. The van der Waals surface area contributed by atoms with Crippen LogP contribution in [0.4, 0.5) is 0 Å². The number of nitrogens with one attached hydrogen (secondary N) is 1. The second-order valence-corrected chi connectivity index (χ2v) is 3.27. The minimum atomic E-state index is -0.696. The summed E-state index contributed by atoms with van der Waals surface area (Å²) in [7, 11) is 0. The Morgan fingerprint density at radius 3 is 2.83 bits per heavy atom. The molecule has 4 nitrogen and oxygen atoms in total. The van der Waals surface area contributed by atoms with E-state index in [1.54, 1.807) is 6.92 Å². The first-order chi connectivity index (χ1) is 5.68. The number of β-amino-alcohol motifs (C(OH)–C–C–N with tert-alkyl or cyclic N) is 1. The van der Waals surface area contributed by atoms with Gasteiger partial charge in [-0.2, -0.15) is 0 Å². The fourth-order valence-corrected chi connectivity index (χ4v) is 1.30. The summed E-state index contributed by atoms with van der Waals surface area (Å²) in [6.45, 7) is 2.75. The third-order valence-electron chi connectivity index (χ3n) is 2.03. The molecule has 0 aromatic carbocycles. The van der Waals surface area contributed by atoms with Gasteiger partial charge in [0.1, 0.15) is 0 Å². The van der Waals surface area contributed by atoms with E-state index in [-0.39, 0.29) is 12.1 Å². The predicted octanol–water partition coefficient (Wildman–Crippen LogP) is -0.546. The van der Waals surface area contributed by atoms with Crippen LogP contribution in [0.5, 0.6) is 0 Å². The van der Waals surface area contributed by atoms with Gasteiger partial charge in [-0.3, -0.25) is 0 Å². The SMILES string of the molecule is C[C@H](O)OCC1CCC(O)CN1. The lowest BCUT2D eigenvalue weighted by molar-refractivity contribution is -0.0944. The predicted molar refractivity (Wildman–Crippen MR) is 44.7 cm³/mol. The summed E-state index contributed by atoms with van der Waals surface area (Å²) in [6.07, 6.45) is 0.820. The largest absolute Gasteiger partial charge is 0.392 e. The molecule has 1 fully saturated rings. The van der Waals surface area contributed by atoms with Crippen LogP contribution >= 0.6 is 0 Å². The van der Waals surface area contributed by atoms with Gasteiger partial charge in [0, 0.05) is 12.6 Å². The smallest absolute Gasteiger partial charge is 0.151 e. The van der Waals surface area contributed by atoms with E-state index in [2.05, 4.69) is 5.32 Å². The number of ether oxygens (including phenoxy) is 1. The van der Waals surface area contributed by atoms with Crippen LogP contribution in [0.2, 0.25) is 0 Å². The van der Waals surface area contributed by atoms with E-state index in [0.717, 1.165) is 12.8 Å². The number of aliphatic hydroxyl groups excluding tert-OH is 2. The molecule has 3 atom stereocenters. The van der Waals surface area contributed by atoms with Crippen LogP contribution in [-0.2, 0) is 4.74 Å². The Labute approximate surface area is 72.5 Å². The van der Waals surface area contributed by atoms with E-state index in [4.69, 9.17) is 14.9 Å². The van der Waals surface area contributed by atoms with Crippen molar-refractivity contribution < 1.29 is 14.9 Å². The lowest BCUT2D eigenvalue weighted by Crippen LogP contribution is -2.44. The minimum Gasteiger partial charge on any atom is -0.392 e. The van der Waals surface area contributed by atoms with Gasteiger partial charge in [0.05, 0.1) is 12.7 Å². The molecule has 1 rings (SSSR count). The molecular weight excluding hydrogens is 158 g/mol. The molecule has 4 heteroatoms. The lowest BCUT2D eigenvalue weighted by Gasteiger charge is -2.27. The zero-order valence-corrected chi connectivity index (χ0v) is 7.36. The van der Waals surface area contributed by atoms with E-state index in [1.165, 1.54) is 0 Å². The third-order valence-corrected chi connectivity index (χ3v) is 2.03. The summed E-state index contributed by atoms with van der Waals surface area (Å²) in [6, 6.07) is 0.281. The summed E-state index contributed by atoms with van der Waals surface area (Å²) in [5.74, 6) is 0. The zero-order valence-electron chi connectivity index (χ0n) is 7.36. The molecule has 0 saturated carbocycles. The van der Waals surface area contributed by atoms with Crippen molar-refractivity contribution >= 4 is 0 Å². The summed E-state index contributed by atoms with van der Waals surface area (Å²) in [5, 5.41) is 21.1. The highest BCUT2D eigenvalue weighted by Crippen LogP contribution is 2.08. The van der Waals surface area contributed by atoms with Crippen molar-refractivity contribution in [3.8, 4) is 0 Å². The molecule has 0 aliphatic carbocycles. The van der Waals surface area contributed by atoms with Crippen molar-refractivity contribution in [3.63, 3.8) is 0 Å². The number of piperidine rings is 1. The molecule has 0 amide bonds. The van der Waals surface area contributed by atoms with Crippen molar-refractivity contribution in [2.24, 2.45) is 0 Å². The Morgan fingerprint density at radius 2 is 2.33 bits per heavy atom. The third kappa shape index (κ3) is 3.49. The highest BCUT2D eigenvalue weighted by atomic mass is 16.6. The van der Waals surface area contributed by atoms with Crippen molar-refractivity contribution in [2.45, 2.75) is 38.2 Å². The molecule has 1 saturated heterocycles. The summed E-state index contributed by atoms with van der Waals surface area (Å²) < 4.78 is 5.03. The van der Waals surface area contributed by atoms with E-state index < -0.39 is 6.29 Å². The van der Waals surface area contributed by atoms with Crippen LogP contribution in [0.3, 0.4) is 0 Å². The van der Waals surface area contributed by atoms with Gasteiger partial charge in [0.15, 0.2) is 6.29 Å². The number of rotatable bonds is 3. The quantitative estimate of drug-likeness (QED) is 0.504. The summed E-state index contributed by atoms with van der Waals surface area (Å²) in [4.78, 5) is 0. The van der Waals surface area contributed by atoms with E-state index >= 15 is 0 Å². The Hall–Kier alpha value is -0.160. The summed E-state index contributed by atoms with van der Waals surface area (Å²) >= 11 is 0. The minimum absolute atomic E-state index is 0.215. The first-order valence-electron chi connectivity index (χ1n) is 4.39. The monoisotopic (exact) mass is 175 g/mol. The Balaban J connectivity index is 2.09. The van der Waals surface area contributed by atoms with Crippen LogP contribution in [0.25, 0.3) is 0 Å². The lowest BCUT2D eigenvalue weighted by atomic mass is 10.0. The van der Waals surface area contributed by atoms with E-state index in [1.807, 2.05) is 0 Å². The van der Waals surface area contributed by atoms with Gasteiger partial charge in [-0.15, -0.1) is 0 Å². The molecule has 0 spiro atoms. The fraction of sp³-hybridized carbons (Fsp3) is 1.00. The molecule has 72 valence electrons. The standard InChI is InChI=1S/C8H17NO3/c1-6(10)12-5-7-2-3-8(11)4-9-7/h6-11H,2-5H2,1H3/t6-,7?,8?/m1/s1. The Bertz CT molecular complexity index is 121. The van der Waals surface area contributed by atoms with Crippen molar-refractivity contribution in [3.05, 3.63) is 0 Å². The Morgan fingerprint density at radius 1 is 1.58 bits per heavy atom. The van der Waals surface area contributed by atoms with Crippen LogP contribution < -0.4 is 5.32 Å². The Kier molecular flexibility index (Phi) is 3.94. The van der Waals surface area contributed by atoms with Gasteiger partial charge in [0.25, 0.3) is 0 Å². The second-order valence-electron chi connectivity index (χ2n) is 3.27. The molecule has 1 heterocycles. The molecule has 0 aromatic heterocycles. The van der Waals surface area contributed by atoms with Gasteiger partial charge >= 0.3 is 0 Å². The average Bonchev–Trinajstić information content (AvgIpc) is 2.03. The van der Waals surface area contributed by atoms with Gasteiger partial charge in [-0.05, 0) is 19.8 Å². The van der Waals surface area contributed by atoms with Gasteiger partial charge in [-0.25, -0.2) is 0 Å². The van der Waals surface area contributed by atoms with Gasteiger partial charge < -0.3 is 20.3 Å². The maximum absolute atomic E-state index is 9.15. The molecule has 12 heavy (non-hydrogen) atoms. The van der Waals surface area contributed by atoms with E-state index in [9.17, 15) is 0 Å². The maximum Gasteiger partial charge on any atom is 0.151 e. The molecular formula is C8H17NO3. The van der Waals surface area contributed by atoms with Crippen LogP contribution in [0, 0.1) is 0 Å². The van der Waals surface area contributed by atoms with Crippen LogP contribution in [-0.4, -0.2) is 41.8 Å². The second kappa shape index (κ2) is 4.77. The van der Waals surface area contributed by atoms with Gasteiger partial charge in [0.2, 0.25) is 0 Å². The fourth-order valence-electron chi connectivity index (χ4n) is 1.30. The van der Waals surface area contributed by atoms with Crippen LogP contribution in [0.1, 0.15) is 19.8 Å². The highest BCUT2D eigenvalue weighted by molar-refractivity contribution is 4.76. The molecule has 0 bridgehead atoms. The average molecular weight is 175 g/mol.